The molecule has 9 aromatic rings. The van der Waals surface area contributed by atoms with Gasteiger partial charge in [0.1, 0.15) is 0 Å². The molecular formula is C40H26N4. The Morgan fingerprint density at radius 2 is 0.818 bits per heavy atom. The van der Waals surface area contributed by atoms with E-state index in [0.29, 0.717) is 5.95 Å². The first-order valence-electron chi connectivity index (χ1n) is 14.8. The highest BCUT2D eigenvalue weighted by Crippen LogP contribution is 2.39. The lowest BCUT2D eigenvalue weighted by atomic mass is 10.0. The Labute approximate surface area is 254 Å². The Morgan fingerprint density at radius 3 is 1.45 bits per heavy atom. The summed E-state index contributed by atoms with van der Waals surface area (Å²) in [6.45, 7) is 0. The van der Waals surface area contributed by atoms with Gasteiger partial charge in [-0.2, -0.15) is 0 Å². The van der Waals surface area contributed by atoms with Gasteiger partial charge in [-0.3, -0.25) is 4.57 Å². The lowest BCUT2D eigenvalue weighted by Crippen LogP contribution is -2.01. The summed E-state index contributed by atoms with van der Waals surface area (Å²) in [5, 5.41) is 4.84. The van der Waals surface area contributed by atoms with Crippen molar-refractivity contribution in [1.29, 1.82) is 0 Å². The maximum Gasteiger partial charge on any atom is 0.234 e. The number of aromatic nitrogens is 4. The summed E-state index contributed by atoms with van der Waals surface area (Å²) >= 11 is 0. The Kier molecular flexibility index (Phi) is 5.47. The first-order valence-corrected chi connectivity index (χ1v) is 14.8. The van der Waals surface area contributed by atoms with E-state index in [0.717, 1.165) is 33.4 Å². The molecule has 3 heterocycles. The van der Waals surface area contributed by atoms with Crippen LogP contribution in [0.2, 0.25) is 0 Å². The molecule has 206 valence electrons. The van der Waals surface area contributed by atoms with Crippen LogP contribution in [0.5, 0.6) is 0 Å². The molecule has 0 bridgehead atoms. The van der Waals surface area contributed by atoms with E-state index in [1.807, 2.05) is 18.5 Å². The molecule has 9 rings (SSSR count). The van der Waals surface area contributed by atoms with Crippen molar-refractivity contribution < 1.29 is 0 Å². The van der Waals surface area contributed by atoms with Crippen molar-refractivity contribution >= 4 is 43.6 Å². The van der Waals surface area contributed by atoms with Crippen molar-refractivity contribution in [2.75, 3.05) is 0 Å². The average Bonchev–Trinajstić information content (AvgIpc) is 3.60. The van der Waals surface area contributed by atoms with Crippen molar-refractivity contribution in [1.82, 2.24) is 19.1 Å². The molecule has 0 amide bonds. The largest absolute Gasteiger partial charge is 0.309 e. The van der Waals surface area contributed by atoms with Crippen molar-refractivity contribution in [2.24, 2.45) is 0 Å². The SMILES string of the molecule is c1ccc(-c2ccc(-c3cnc(-n4c5ccccc5c5cc6c7ccccc7n(-c7ccccc7)c6cc54)nc3)cc2)cc1. The minimum absolute atomic E-state index is 0.655. The van der Waals surface area contributed by atoms with Crippen LogP contribution in [0.1, 0.15) is 0 Å². The number of rotatable bonds is 4. The maximum absolute atomic E-state index is 4.93. The van der Waals surface area contributed by atoms with Gasteiger partial charge in [-0.1, -0.05) is 109 Å². The van der Waals surface area contributed by atoms with Gasteiger partial charge in [-0.15, -0.1) is 0 Å². The fourth-order valence-electron chi connectivity index (χ4n) is 6.57. The Hall–Kier alpha value is -6.00. The third-order valence-corrected chi connectivity index (χ3v) is 8.64. The van der Waals surface area contributed by atoms with Crippen LogP contribution in [-0.4, -0.2) is 19.1 Å². The molecule has 0 saturated heterocycles. The number of benzene rings is 6. The van der Waals surface area contributed by atoms with Crippen LogP contribution in [-0.2, 0) is 0 Å². The first kappa shape index (κ1) is 24.6. The minimum atomic E-state index is 0.655. The van der Waals surface area contributed by atoms with E-state index < -0.39 is 0 Å². The monoisotopic (exact) mass is 562 g/mol. The predicted molar refractivity (Wildman–Crippen MR) is 182 cm³/mol. The fourth-order valence-corrected chi connectivity index (χ4v) is 6.57. The van der Waals surface area contributed by atoms with E-state index in [9.17, 15) is 0 Å². The molecular weight excluding hydrogens is 536 g/mol. The van der Waals surface area contributed by atoms with E-state index in [-0.39, 0.29) is 0 Å². The minimum Gasteiger partial charge on any atom is -0.309 e. The molecule has 44 heavy (non-hydrogen) atoms. The molecule has 0 radical (unpaired) electrons. The third kappa shape index (κ3) is 3.78. The van der Waals surface area contributed by atoms with Gasteiger partial charge in [-0.05, 0) is 53.1 Å². The number of nitrogens with zero attached hydrogens (tertiary/aromatic N) is 4. The molecule has 4 nitrogen and oxygen atoms in total. The molecule has 3 aromatic heterocycles. The average molecular weight is 563 g/mol. The standard InChI is InChI=1S/C40H26N4/c1-3-11-27(12-4-1)28-19-21-29(22-20-28)30-25-41-40(42-26-30)44-37-18-10-8-16-33(37)35-23-34-32-15-7-9-17-36(32)43(38(34)24-39(35)44)31-13-5-2-6-14-31/h1-26H. The molecule has 0 saturated carbocycles. The summed E-state index contributed by atoms with van der Waals surface area (Å²) in [7, 11) is 0. The summed E-state index contributed by atoms with van der Waals surface area (Å²) in [4.78, 5) is 9.85. The van der Waals surface area contributed by atoms with Crippen LogP contribution < -0.4 is 0 Å². The van der Waals surface area contributed by atoms with Gasteiger partial charge in [0.2, 0.25) is 5.95 Å². The van der Waals surface area contributed by atoms with Crippen molar-refractivity contribution in [2.45, 2.75) is 0 Å². The van der Waals surface area contributed by atoms with Gasteiger partial charge in [0, 0.05) is 45.2 Å². The highest BCUT2D eigenvalue weighted by Gasteiger charge is 2.19. The fraction of sp³-hybridized carbons (Fsp3) is 0. The second kappa shape index (κ2) is 9.79. The molecule has 6 aromatic carbocycles. The van der Waals surface area contributed by atoms with Gasteiger partial charge in [0.05, 0.1) is 22.1 Å². The van der Waals surface area contributed by atoms with Crippen LogP contribution in [0.25, 0.3) is 77.5 Å². The van der Waals surface area contributed by atoms with E-state index in [2.05, 4.69) is 149 Å². The predicted octanol–water partition coefficient (Wildman–Crippen LogP) is 10.0. The Balaban J connectivity index is 1.22. The van der Waals surface area contributed by atoms with Gasteiger partial charge in [0.25, 0.3) is 0 Å². The van der Waals surface area contributed by atoms with Crippen LogP contribution in [0.15, 0.2) is 158 Å². The van der Waals surface area contributed by atoms with Crippen molar-refractivity contribution in [3.05, 3.63) is 158 Å². The topological polar surface area (TPSA) is 35.6 Å². The lowest BCUT2D eigenvalue weighted by Gasteiger charge is -2.09. The first-order chi connectivity index (χ1) is 21.8. The third-order valence-electron chi connectivity index (χ3n) is 8.64. The van der Waals surface area contributed by atoms with Crippen molar-refractivity contribution in [3.8, 4) is 33.9 Å². The summed E-state index contributed by atoms with van der Waals surface area (Å²) in [6.07, 6.45) is 3.86. The van der Waals surface area contributed by atoms with Gasteiger partial charge in [-0.25, -0.2) is 9.97 Å². The Bertz CT molecular complexity index is 2450. The second-order valence-corrected chi connectivity index (χ2v) is 11.1. The van der Waals surface area contributed by atoms with Gasteiger partial charge in [0.15, 0.2) is 0 Å². The molecule has 0 aliphatic heterocycles. The van der Waals surface area contributed by atoms with Crippen LogP contribution in [0, 0.1) is 0 Å². The summed E-state index contributed by atoms with van der Waals surface area (Å²) in [5.41, 5.74) is 10.1. The number of hydrogen-bond donors (Lipinski definition) is 0. The molecule has 0 aliphatic rings. The van der Waals surface area contributed by atoms with E-state index in [1.54, 1.807) is 0 Å². The van der Waals surface area contributed by atoms with E-state index in [4.69, 9.17) is 9.97 Å². The van der Waals surface area contributed by atoms with Crippen molar-refractivity contribution in [3.63, 3.8) is 0 Å². The highest BCUT2D eigenvalue weighted by atomic mass is 15.1. The molecule has 0 unspecified atom stereocenters. The van der Waals surface area contributed by atoms with Gasteiger partial charge < -0.3 is 4.57 Å². The smallest absolute Gasteiger partial charge is 0.234 e. The number of hydrogen-bond acceptors (Lipinski definition) is 2. The quantitative estimate of drug-likeness (QED) is 0.214. The molecule has 0 fully saturated rings. The Morgan fingerprint density at radius 1 is 0.341 bits per heavy atom. The number of para-hydroxylation sites is 3. The molecule has 0 aliphatic carbocycles. The highest BCUT2D eigenvalue weighted by molar-refractivity contribution is 6.19. The normalized spacial score (nSPS) is 11.6. The van der Waals surface area contributed by atoms with Crippen LogP contribution in [0.4, 0.5) is 0 Å². The van der Waals surface area contributed by atoms with Crippen LogP contribution in [0.3, 0.4) is 0 Å². The van der Waals surface area contributed by atoms with Gasteiger partial charge >= 0.3 is 0 Å². The van der Waals surface area contributed by atoms with Crippen LogP contribution >= 0.6 is 0 Å². The molecule has 0 atom stereocenters. The molecule has 4 heteroatoms. The number of fused-ring (bicyclic) bond motifs is 6. The zero-order valence-electron chi connectivity index (χ0n) is 23.8. The zero-order valence-corrected chi connectivity index (χ0v) is 23.8. The van der Waals surface area contributed by atoms with E-state index in [1.165, 1.54) is 38.2 Å². The molecule has 0 spiro atoms. The van der Waals surface area contributed by atoms with E-state index >= 15 is 0 Å². The summed E-state index contributed by atoms with van der Waals surface area (Å²) in [5.74, 6) is 0.655. The second-order valence-electron chi connectivity index (χ2n) is 11.1. The summed E-state index contributed by atoms with van der Waals surface area (Å²) < 4.78 is 4.55. The molecule has 0 N–H and O–H groups in total. The maximum atomic E-state index is 4.93. The lowest BCUT2D eigenvalue weighted by molar-refractivity contribution is 0.990. The zero-order chi connectivity index (χ0) is 29.0. The summed E-state index contributed by atoms with van der Waals surface area (Å²) in [6, 6.07) is 51.4.